The molecule has 0 aliphatic rings. The van der Waals surface area contributed by atoms with Crippen molar-refractivity contribution in [2.45, 2.75) is 44.4 Å². The van der Waals surface area contributed by atoms with E-state index in [1.54, 1.807) is 36.7 Å². The summed E-state index contributed by atoms with van der Waals surface area (Å²) >= 11 is 10.1. The van der Waals surface area contributed by atoms with E-state index in [4.69, 9.17) is 16.9 Å². The number of aliphatic imine (C=N–C) groups is 1. The number of anilines is 1. The van der Waals surface area contributed by atoms with Crippen molar-refractivity contribution >= 4 is 42.3 Å². The minimum Gasteiger partial charge on any atom is -0.429 e. The highest BCUT2D eigenvalue weighted by molar-refractivity contribution is 7.81. The van der Waals surface area contributed by atoms with Gasteiger partial charge in [-0.25, -0.2) is 4.99 Å². The van der Waals surface area contributed by atoms with E-state index in [-0.39, 0.29) is 10.3 Å². The molecule has 0 unspecified atom stereocenters. The molecular formula is C21H26ClN5O2S. The van der Waals surface area contributed by atoms with E-state index in [0.29, 0.717) is 23.2 Å². The van der Waals surface area contributed by atoms with Crippen LogP contribution in [0.15, 0.2) is 53.8 Å². The molecule has 7 nitrogen and oxygen atoms in total. The van der Waals surface area contributed by atoms with Crippen LogP contribution >= 0.6 is 24.2 Å². The first kappa shape index (κ1) is 25.3. The SMILES string of the molecule is CC(C)(S)CC(C)(C)N=C(NC#N)Nc1ccncc1.O=COc1ccc(Cl)cc1. The lowest BCUT2D eigenvalue weighted by molar-refractivity contribution is -0.120. The number of carbonyl (C=O) groups is 1. The lowest BCUT2D eigenvalue weighted by atomic mass is 9.93. The summed E-state index contributed by atoms with van der Waals surface area (Å²) in [5.74, 6) is 0.917. The Kier molecular flexibility index (Phi) is 10.2. The number of nitrogens with one attached hydrogen (secondary N) is 2. The zero-order valence-electron chi connectivity index (χ0n) is 17.4. The molecule has 0 bridgehead atoms. The molecule has 0 fully saturated rings. The lowest BCUT2D eigenvalue weighted by Crippen LogP contribution is -2.34. The molecule has 1 aromatic heterocycles. The van der Waals surface area contributed by atoms with Crippen LogP contribution in [0.1, 0.15) is 34.1 Å². The fourth-order valence-electron chi connectivity index (χ4n) is 2.68. The van der Waals surface area contributed by atoms with E-state index < -0.39 is 0 Å². The quantitative estimate of drug-likeness (QED) is 0.148. The zero-order chi connectivity index (χ0) is 22.6. The Hall–Kier alpha value is -2.76. The van der Waals surface area contributed by atoms with Crippen LogP contribution < -0.4 is 15.4 Å². The van der Waals surface area contributed by atoms with Crippen LogP contribution in [0.2, 0.25) is 5.02 Å². The molecule has 9 heteroatoms. The summed E-state index contributed by atoms with van der Waals surface area (Å²) in [4.78, 5) is 18.3. The van der Waals surface area contributed by atoms with Gasteiger partial charge in [-0.15, -0.1) is 0 Å². The van der Waals surface area contributed by atoms with Gasteiger partial charge in [0.25, 0.3) is 6.47 Å². The molecule has 0 amide bonds. The third kappa shape index (κ3) is 11.3. The van der Waals surface area contributed by atoms with Gasteiger partial charge in [-0.2, -0.15) is 17.9 Å². The smallest absolute Gasteiger partial charge is 0.298 e. The maximum Gasteiger partial charge on any atom is 0.298 e. The highest BCUT2D eigenvalue weighted by Gasteiger charge is 2.26. The number of carbonyl (C=O) groups excluding carboxylic acids is 1. The number of aromatic nitrogens is 1. The Morgan fingerprint density at radius 1 is 1.23 bits per heavy atom. The summed E-state index contributed by atoms with van der Waals surface area (Å²) in [7, 11) is 0. The first-order valence-electron chi connectivity index (χ1n) is 9.05. The molecule has 0 radical (unpaired) electrons. The van der Waals surface area contributed by atoms with Crippen molar-refractivity contribution in [1.29, 1.82) is 5.26 Å². The Morgan fingerprint density at radius 2 is 1.83 bits per heavy atom. The maximum absolute atomic E-state index is 9.80. The predicted octanol–water partition coefficient (Wildman–Crippen LogP) is 4.67. The largest absolute Gasteiger partial charge is 0.429 e. The first-order valence-corrected chi connectivity index (χ1v) is 9.87. The van der Waals surface area contributed by atoms with Gasteiger partial charge in [-0.1, -0.05) is 25.4 Å². The molecular weight excluding hydrogens is 422 g/mol. The van der Waals surface area contributed by atoms with Crippen molar-refractivity contribution < 1.29 is 9.53 Å². The lowest BCUT2D eigenvalue weighted by Gasteiger charge is -2.29. The number of guanidine groups is 1. The molecule has 0 saturated heterocycles. The summed E-state index contributed by atoms with van der Waals surface area (Å²) in [6, 6.07) is 10.2. The number of hydrogen-bond acceptors (Lipinski definition) is 6. The molecule has 0 aliphatic heterocycles. The summed E-state index contributed by atoms with van der Waals surface area (Å²) in [6.45, 7) is 8.49. The Balaban J connectivity index is 0.000000375. The van der Waals surface area contributed by atoms with Gasteiger partial charge < -0.3 is 10.1 Å². The third-order valence-corrected chi connectivity index (χ3v) is 3.80. The standard InChI is InChI=1S/C14H21N5S.C7H5ClO2/c1-13(2,9-14(3,4)20)19-12(17-10-15)18-11-5-7-16-8-6-11;8-6-1-3-7(4-2-6)10-5-9/h5-8,20H,9H2,1-4H3,(H2,16,17,18,19);1-5H. The number of nitrogens with zero attached hydrogens (tertiary/aromatic N) is 3. The summed E-state index contributed by atoms with van der Waals surface area (Å²) < 4.78 is 4.38. The molecule has 2 aromatic rings. The van der Waals surface area contributed by atoms with Gasteiger partial charge in [0.05, 0.1) is 5.54 Å². The molecule has 0 saturated carbocycles. The van der Waals surface area contributed by atoms with Crippen LogP contribution in [-0.2, 0) is 4.79 Å². The van der Waals surface area contributed by atoms with Crippen LogP contribution in [0.5, 0.6) is 5.75 Å². The van der Waals surface area contributed by atoms with E-state index in [1.807, 2.05) is 46.0 Å². The van der Waals surface area contributed by atoms with E-state index >= 15 is 0 Å². The highest BCUT2D eigenvalue weighted by Crippen LogP contribution is 2.28. The van der Waals surface area contributed by atoms with Gasteiger partial charge in [-0.05, 0) is 56.7 Å². The molecule has 0 atom stereocenters. The fourth-order valence-corrected chi connectivity index (χ4v) is 3.19. The van der Waals surface area contributed by atoms with Crippen molar-refractivity contribution in [2.24, 2.45) is 4.99 Å². The minimum atomic E-state index is -0.343. The van der Waals surface area contributed by atoms with Gasteiger partial charge >= 0.3 is 0 Å². The monoisotopic (exact) mass is 447 g/mol. The summed E-state index contributed by atoms with van der Waals surface area (Å²) in [5.41, 5.74) is 0.479. The van der Waals surface area contributed by atoms with Gasteiger partial charge in [0.1, 0.15) is 5.75 Å². The molecule has 1 heterocycles. The van der Waals surface area contributed by atoms with Gasteiger partial charge in [-0.3, -0.25) is 15.1 Å². The van der Waals surface area contributed by atoms with Crippen molar-refractivity contribution in [3.8, 4) is 11.9 Å². The van der Waals surface area contributed by atoms with Crippen LogP contribution in [0.25, 0.3) is 0 Å². The average Bonchev–Trinajstić information content (AvgIpc) is 2.63. The van der Waals surface area contributed by atoms with Gasteiger partial charge in [0, 0.05) is 27.9 Å². The second kappa shape index (κ2) is 12.1. The number of hydrogen-bond donors (Lipinski definition) is 3. The zero-order valence-corrected chi connectivity index (χ0v) is 19.0. The topological polar surface area (TPSA) is 99.4 Å². The number of thiol groups is 1. The van der Waals surface area contributed by atoms with Gasteiger partial charge in [0.15, 0.2) is 6.19 Å². The van der Waals surface area contributed by atoms with Crippen molar-refractivity contribution in [2.75, 3.05) is 5.32 Å². The predicted molar refractivity (Wildman–Crippen MR) is 124 cm³/mol. The molecule has 30 heavy (non-hydrogen) atoms. The number of nitriles is 1. The maximum atomic E-state index is 9.80. The summed E-state index contributed by atoms with van der Waals surface area (Å²) in [6.07, 6.45) is 6.02. The van der Waals surface area contributed by atoms with Crippen LogP contribution in [0.4, 0.5) is 5.69 Å². The van der Waals surface area contributed by atoms with E-state index in [1.165, 1.54) is 0 Å². The second-order valence-corrected chi connectivity index (χ2v) is 9.17. The molecule has 0 aliphatic carbocycles. The molecule has 2 N–H and O–H groups in total. The van der Waals surface area contributed by atoms with E-state index in [2.05, 4.69) is 38.0 Å². The molecule has 1 aromatic carbocycles. The molecule has 2 rings (SSSR count). The average molecular weight is 448 g/mol. The van der Waals surface area contributed by atoms with E-state index in [0.717, 1.165) is 12.1 Å². The fraction of sp³-hybridized carbons (Fsp3) is 0.333. The van der Waals surface area contributed by atoms with Crippen molar-refractivity contribution in [3.05, 3.63) is 53.8 Å². The van der Waals surface area contributed by atoms with Crippen LogP contribution in [0.3, 0.4) is 0 Å². The summed E-state index contributed by atoms with van der Waals surface area (Å²) in [5, 5.41) is 15.1. The third-order valence-electron chi connectivity index (χ3n) is 3.39. The van der Waals surface area contributed by atoms with Crippen LogP contribution in [0, 0.1) is 11.5 Å². The van der Waals surface area contributed by atoms with E-state index in [9.17, 15) is 4.79 Å². The first-order chi connectivity index (χ1) is 14.0. The van der Waals surface area contributed by atoms with Crippen molar-refractivity contribution in [3.63, 3.8) is 0 Å². The van der Waals surface area contributed by atoms with Crippen molar-refractivity contribution in [1.82, 2.24) is 10.3 Å². The normalized spacial score (nSPS) is 11.4. The minimum absolute atomic E-state index is 0.137. The highest BCUT2D eigenvalue weighted by atomic mass is 35.5. The van der Waals surface area contributed by atoms with Gasteiger partial charge in [0.2, 0.25) is 5.96 Å². The van der Waals surface area contributed by atoms with Crippen LogP contribution in [-0.4, -0.2) is 27.7 Å². The number of ether oxygens (including phenoxy) is 1. The molecule has 0 spiro atoms. The molecule has 160 valence electrons. The second-order valence-electron chi connectivity index (χ2n) is 7.53. The number of benzene rings is 1. The number of pyridine rings is 1. The Bertz CT molecular complexity index is 860. The Labute approximate surface area is 187 Å². The number of halogens is 1. The number of rotatable bonds is 6. The Morgan fingerprint density at radius 3 is 2.33 bits per heavy atom.